The van der Waals surface area contributed by atoms with Gasteiger partial charge in [0, 0.05) is 12.6 Å². The molecule has 1 N–H and O–H groups in total. The summed E-state index contributed by atoms with van der Waals surface area (Å²) >= 11 is 0. The minimum absolute atomic E-state index is 0.202. The van der Waals surface area contributed by atoms with Crippen molar-refractivity contribution in [2.24, 2.45) is 5.41 Å². The first-order valence-electron chi connectivity index (χ1n) is 7.36. The summed E-state index contributed by atoms with van der Waals surface area (Å²) in [5.74, 6) is 0.847. The Morgan fingerprint density at radius 1 is 1.20 bits per heavy atom. The standard InChI is InChI=1S/C17H29NO2/c1-7-20-15-10-8-14(9-11-15)16(19)12-18(6)13(2)17(3,4)5/h8-11,13,16,19H,7,12H2,1-6H3. The van der Waals surface area contributed by atoms with Crippen molar-refractivity contribution in [3.63, 3.8) is 0 Å². The van der Waals surface area contributed by atoms with Crippen LogP contribution in [0.5, 0.6) is 5.75 Å². The number of likely N-dealkylation sites (N-methyl/N-ethyl adjacent to an activating group) is 1. The van der Waals surface area contributed by atoms with E-state index in [0.717, 1.165) is 11.3 Å². The number of hydrogen-bond donors (Lipinski definition) is 1. The van der Waals surface area contributed by atoms with Gasteiger partial charge in [-0.3, -0.25) is 0 Å². The smallest absolute Gasteiger partial charge is 0.119 e. The highest BCUT2D eigenvalue weighted by Gasteiger charge is 2.25. The van der Waals surface area contributed by atoms with Crippen LogP contribution in [0, 0.1) is 5.41 Å². The first-order chi connectivity index (χ1) is 9.25. The molecule has 1 aromatic carbocycles. The van der Waals surface area contributed by atoms with Crippen LogP contribution in [0.15, 0.2) is 24.3 Å². The van der Waals surface area contributed by atoms with Gasteiger partial charge in [0.05, 0.1) is 12.7 Å². The molecule has 0 amide bonds. The number of rotatable bonds is 6. The van der Waals surface area contributed by atoms with E-state index in [1.165, 1.54) is 0 Å². The predicted molar refractivity (Wildman–Crippen MR) is 84.1 cm³/mol. The molecule has 3 nitrogen and oxygen atoms in total. The fourth-order valence-corrected chi connectivity index (χ4v) is 2.15. The van der Waals surface area contributed by atoms with E-state index in [-0.39, 0.29) is 5.41 Å². The Labute approximate surface area is 123 Å². The van der Waals surface area contributed by atoms with E-state index in [4.69, 9.17) is 4.74 Å². The summed E-state index contributed by atoms with van der Waals surface area (Å²) in [5.41, 5.74) is 1.13. The molecule has 0 aliphatic carbocycles. The molecular formula is C17H29NO2. The van der Waals surface area contributed by atoms with Gasteiger partial charge in [0.1, 0.15) is 5.75 Å². The second kappa shape index (κ2) is 7.09. The molecule has 0 bridgehead atoms. The van der Waals surface area contributed by atoms with E-state index in [9.17, 15) is 5.11 Å². The van der Waals surface area contributed by atoms with Gasteiger partial charge in [0.2, 0.25) is 0 Å². The van der Waals surface area contributed by atoms with Crippen molar-refractivity contribution in [3.8, 4) is 5.75 Å². The van der Waals surface area contributed by atoms with Crippen molar-refractivity contribution >= 4 is 0 Å². The number of benzene rings is 1. The van der Waals surface area contributed by atoms with E-state index in [1.54, 1.807) is 0 Å². The van der Waals surface area contributed by atoms with Crippen LogP contribution in [0.4, 0.5) is 0 Å². The van der Waals surface area contributed by atoms with Crippen LogP contribution >= 0.6 is 0 Å². The van der Waals surface area contributed by atoms with Crippen molar-refractivity contribution in [3.05, 3.63) is 29.8 Å². The van der Waals surface area contributed by atoms with Crippen LogP contribution in [0.1, 0.15) is 46.3 Å². The molecule has 114 valence electrons. The predicted octanol–water partition coefficient (Wildman–Crippen LogP) is 3.49. The molecule has 0 aliphatic rings. The van der Waals surface area contributed by atoms with Crippen LogP contribution in [0.2, 0.25) is 0 Å². The Morgan fingerprint density at radius 2 is 1.75 bits per heavy atom. The second-order valence-corrected chi connectivity index (χ2v) is 6.50. The minimum Gasteiger partial charge on any atom is -0.494 e. The average molecular weight is 279 g/mol. The molecular weight excluding hydrogens is 250 g/mol. The molecule has 0 saturated heterocycles. The Morgan fingerprint density at radius 3 is 2.20 bits per heavy atom. The molecule has 1 rings (SSSR count). The van der Waals surface area contributed by atoms with Gasteiger partial charge in [-0.15, -0.1) is 0 Å². The summed E-state index contributed by atoms with van der Waals surface area (Å²) < 4.78 is 5.41. The van der Waals surface area contributed by atoms with Crippen LogP contribution in [0.25, 0.3) is 0 Å². The number of nitrogens with zero attached hydrogens (tertiary/aromatic N) is 1. The fourth-order valence-electron chi connectivity index (χ4n) is 2.15. The van der Waals surface area contributed by atoms with Gasteiger partial charge < -0.3 is 14.7 Å². The lowest BCUT2D eigenvalue weighted by atomic mass is 9.87. The molecule has 20 heavy (non-hydrogen) atoms. The third-order valence-corrected chi connectivity index (χ3v) is 3.95. The summed E-state index contributed by atoms with van der Waals surface area (Å²) in [4.78, 5) is 2.21. The lowest BCUT2D eigenvalue weighted by Crippen LogP contribution is -2.41. The summed E-state index contributed by atoms with van der Waals surface area (Å²) in [6.07, 6.45) is -0.472. The second-order valence-electron chi connectivity index (χ2n) is 6.50. The van der Waals surface area contributed by atoms with Gasteiger partial charge in [-0.05, 0) is 44.0 Å². The van der Waals surface area contributed by atoms with Gasteiger partial charge in [0.25, 0.3) is 0 Å². The quantitative estimate of drug-likeness (QED) is 0.865. The zero-order valence-electron chi connectivity index (χ0n) is 13.7. The molecule has 0 aromatic heterocycles. The molecule has 3 heteroatoms. The normalized spacial score (nSPS) is 15.2. The molecule has 2 atom stereocenters. The lowest BCUT2D eigenvalue weighted by Gasteiger charge is -2.36. The minimum atomic E-state index is -0.472. The number of aliphatic hydroxyl groups excluding tert-OH is 1. The maximum Gasteiger partial charge on any atom is 0.119 e. The largest absolute Gasteiger partial charge is 0.494 e. The highest BCUT2D eigenvalue weighted by molar-refractivity contribution is 5.28. The molecule has 0 heterocycles. The molecule has 0 aliphatic heterocycles. The molecule has 0 fully saturated rings. The Bertz CT molecular complexity index is 394. The van der Waals surface area contributed by atoms with E-state index in [1.807, 2.05) is 31.2 Å². The van der Waals surface area contributed by atoms with Crippen molar-refractivity contribution in [1.29, 1.82) is 0 Å². The molecule has 0 radical (unpaired) electrons. The third-order valence-electron chi connectivity index (χ3n) is 3.95. The van der Waals surface area contributed by atoms with E-state index in [0.29, 0.717) is 19.2 Å². The number of aliphatic hydroxyl groups is 1. The third kappa shape index (κ3) is 4.80. The lowest BCUT2D eigenvalue weighted by molar-refractivity contribution is 0.0715. The summed E-state index contributed by atoms with van der Waals surface area (Å²) in [5, 5.41) is 10.3. The summed E-state index contributed by atoms with van der Waals surface area (Å²) in [6, 6.07) is 8.10. The highest BCUT2D eigenvalue weighted by atomic mass is 16.5. The first-order valence-corrected chi connectivity index (χ1v) is 7.36. The first kappa shape index (κ1) is 17.0. The molecule has 0 saturated carbocycles. The average Bonchev–Trinajstić information content (AvgIpc) is 2.37. The van der Waals surface area contributed by atoms with Gasteiger partial charge in [-0.25, -0.2) is 0 Å². The van der Waals surface area contributed by atoms with Crippen molar-refractivity contribution in [2.75, 3.05) is 20.2 Å². The summed E-state index contributed by atoms with van der Waals surface area (Å²) in [6.45, 7) is 12.1. The topological polar surface area (TPSA) is 32.7 Å². The Hall–Kier alpha value is -1.06. The SMILES string of the molecule is CCOc1ccc(C(O)CN(C)C(C)C(C)(C)C)cc1. The number of ether oxygens (including phenoxy) is 1. The van der Waals surface area contributed by atoms with E-state index >= 15 is 0 Å². The van der Waals surface area contributed by atoms with Gasteiger partial charge >= 0.3 is 0 Å². The van der Waals surface area contributed by atoms with Crippen molar-refractivity contribution < 1.29 is 9.84 Å². The highest BCUT2D eigenvalue weighted by Crippen LogP contribution is 2.25. The fraction of sp³-hybridized carbons (Fsp3) is 0.647. The van der Waals surface area contributed by atoms with Crippen molar-refractivity contribution in [1.82, 2.24) is 4.90 Å². The molecule has 2 unspecified atom stereocenters. The van der Waals surface area contributed by atoms with Crippen LogP contribution in [-0.2, 0) is 0 Å². The van der Waals surface area contributed by atoms with E-state index in [2.05, 4.69) is 39.6 Å². The zero-order chi connectivity index (χ0) is 15.3. The summed E-state index contributed by atoms with van der Waals surface area (Å²) in [7, 11) is 2.06. The maximum atomic E-state index is 10.3. The zero-order valence-corrected chi connectivity index (χ0v) is 13.7. The van der Waals surface area contributed by atoms with E-state index < -0.39 is 6.10 Å². The van der Waals surface area contributed by atoms with Crippen LogP contribution in [-0.4, -0.2) is 36.2 Å². The Kier molecular flexibility index (Phi) is 6.03. The molecule has 1 aromatic rings. The Balaban J connectivity index is 2.64. The van der Waals surface area contributed by atoms with Crippen LogP contribution < -0.4 is 4.74 Å². The van der Waals surface area contributed by atoms with Gasteiger partial charge in [0.15, 0.2) is 0 Å². The molecule has 0 spiro atoms. The van der Waals surface area contributed by atoms with Crippen molar-refractivity contribution in [2.45, 2.75) is 46.8 Å². The van der Waals surface area contributed by atoms with Gasteiger partial charge in [-0.2, -0.15) is 0 Å². The van der Waals surface area contributed by atoms with Gasteiger partial charge in [-0.1, -0.05) is 32.9 Å². The number of hydrogen-bond acceptors (Lipinski definition) is 3. The van der Waals surface area contributed by atoms with Crippen LogP contribution in [0.3, 0.4) is 0 Å². The monoisotopic (exact) mass is 279 g/mol. The maximum absolute atomic E-state index is 10.3.